The molecule has 1 unspecified atom stereocenters. The molecule has 1 fully saturated rings. The Kier molecular flexibility index (Phi) is 7.21. The Balaban J connectivity index is 0.000000345. The van der Waals surface area contributed by atoms with Crippen molar-refractivity contribution in [1.29, 1.82) is 0 Å². The highest BCUT2D eigenvalue weighted by Gasteiger charge is 2.38. The van der Waals surface area contributed by atoms with Crippen LogP contribution in [0.1, 0.15) is 23.1 Å². The summed E-state index contributed by atoms with van der Waals surface area (Å²) >= 11 is 0. The number of benzene rings is 2. The minimum Gasteiger partial charge on any atom is -0.475 e. The molecule has 0 amide bonds. The zero-order chi connectivity index (χ0) is 20.8. The van der Waals surface area contributed by atoms with Gasteiger partial charge in [0.25, 0.3) is 0 Å². The van der Waals surface area contributed by atoms with Crippen LogP contribution in [-0.4, -0.2) is 46.9 Å². The summed E-state index contributed by atoms with van der Waals surface area (Å²) in [5, 5.41) is 18.0. The maximum atomic E-state index is 10.8. The van der Waals surface area contributed by atoms with Crippen molar-refractivity contribution in [2.75, 3.05) is 19.6 Å². The van der Waals surface area contributed by atoms with E-state index in [0.717, 1.165) is 38.0 Å². The quantitative estimate of drug-likeness (QED) is 0.828. The number of aryl methyl sites for hydroxylation is 1. The van der Waals surface area contributed by atoms with Crippen LogP contribution in [0.2, 0.25) is 0 Å². The zero-order valence-corrected chi connectivity index (χ0v) is 15.6. The average Bonchev–Trinajstić information content (AvgIpc) is 3.03. The van der Waals surface area contributed by atoms with Crippen molar-refractivity contribution in [3.8, 4) is 0 Å². The Bertz CT molecular complexity index is 780. The summed E-state index contributed by atoms with van der Waals surface area (Å²) in [5.74, 6) is -2.76. The Morgan fingerprint density at radius 2 is 1.79 bits per heavy atom. The minimum absolute atomic E-state index is 0.673. The van der Waals surface area contributed by atoms with E-state index in [1.54, 1.807) is 0 Å². The monoisotopic (exact) mass is 395 g/mol. The molecule has 1 atom stereocenters. The molecule has 3 rings (SSSR count). The Hall–Kier alpha value is -2.38. The lowest BCUT2D eigenvalue weighted by atomic mass is 9.93. The van der Waals surface area contributed by atoms with E-state index < -0.39 is 17.7 Å². The topological polar surface area (TPSA) is 60.8 Å². The second-order valence-electron chi connectivity index (χ2n) is 6.97. The van der Waals surface area contributed by atoms with E-state index in [4.69, 9.17) is 9.90 Å². The molecule has 2 aromatic rings. The van der Waals surface area contributed by atoms with Gasteiger partial charge in [-0.2, -0.15) is 13.2 Å². The van der Waals surface area contributed by atoms with Gasteiger partial charge < -0.3 is 10.2 Å². The second-order valence-corrected chi connectivity index (χ2v) is 6.97. The van der Waals surface area contributed by atoms with Crippen LogP contribution in [0.3, 0.4) is 0 Å². The molecule has 0 bridgehead atoms. The number of halogens is 3. The third kappa shape index (κ3) is 6.35. The number of carboxylic acid groups (broad SMARTS) is 1. The van der Waals surface area contributed by atoms with Crippen molar-refractivity contribution in [1.82, 2.24) is 4.90 Å². The van der Waals surface area contributed by atoms with Crippen LogP contribution in [0, 0.1) is 6.92 Å². The Morgan fingerprint density at radius 1 is 1.14 bits per heavy atom. The number of aliphatic carboxylic acids is 1. The van der Waals surface area contributed by atoms with Crippen LogP contribution < -0.4 is 0 Å². The van der Waals surface area contributed by atoms with Gasteiger partial charge in [-0.1, -0.05) is 60.2 Å². The lowest BCUT2D eigenvalue weighted by molar-refractivity contribution is -0.192. The van der Waals surface area contributed by atoms with Crippen LogP contribution in [-0.2, 0) is 16.8 Å². The number of nitrogens with zero attached hydrogens (tertiary/aromatic N) is 1. The molecule has 1 saturated heterocycles. The van der Waals surface area contributed by atoms with Gasteiger partial charge in [0.1, 0.15) is 5.60 Å². The predicted molar refractivity (Wildman–Crippen MR) is 100.0 cm³/mol. The molecule has 1 aliphatic heterocycles. The first kappa shape index (κ1) is 21.9. The van der Waals surface area contributed by atoms with Crippen molar-refractivity contribution >= 4 is 5.97 Å². The third-order valence-corrected chi connectivity index (χ3v) is 4.68. The molecule has 4 nitrogen and oxygen atoms in total. The van der Waals surface area contributed by atoms with E-state index in [-0.39, 0.29) is 0 Å². The Labute approximate surface area is 162 Å². The predicted octanol–water partition coefficient (Wildman–Crippen LogP) is 3.76. The molecular weight excluding hydrogens is 371 g/mol. The molecule has 0 spiro atoms. The maximum absolute atomic E-state index is 10.8. The maximum Gasteiger partial charge on any atom is 0.490 e. The standard InChI is InChI=1S/C19H23NO.C2HF3O2/c1-16-6-5-7-17(14-16)10-12-20-13-11-19(21,15-20)18-8-3-2-4-9-18;3-2(4,5)1(6)7/h2-9,14,21H,10-13,15H2,1H3;(H,6,7). The molecule has 152 valence electrons. The summed E-state index contributed by atoms with van der Waals surface area (Å²) in [6, 6.07) is 18.8. The third-order valence-electron chi connectivity index (χ3n) is 4.68. The molecule has 2 aromatic carbocycles. The molecule has 0 aromatic heterocycles. The van der Waals surface area contributed by atoms with Crippen molar-refractivity contribution in [3.05, 3.63) is 71.3 Å². The number of aliphatic hydroxyl groups is 1. The number of β-amino-alcohol motifs (C(OH)–C–C–N with tert-alkyl or cyclic N) is 1. The number of likely N-dealkylation sites (tertiary alicyclic amines) is 1. The van der Waals surface area contributed by atoms with Gasteiger partial charge >= 0.3 is 12.1 Å². The number of carbonyl (C=O) groups is 1. The highest BCUT2D eigenvalue weighted by Crippen LogP contribution is 2.31. The number of rotatable bonds is 4. The molecule has 1 heterocycles. The SMILES string of the molecule is Cc1cccc(CCN2CCC(O)(c3ccccc3)C2)c1.O=C(O)C(F)(F)F. The van der Waals surface area contributed by atoms with Gasteiger partial charge in [-0.3, -0.25) is 4.90 Å². The molecule has 1 aliphatic rings. The average molecular weight is 395 g/mol. The number of carboxylic acids is 1. The van der Waals surface area contributed by atoms with Crippen molar-refractivity contribution < 1.29 is 28.2 Å². The van der Waals surface area contributed by atoms with E-state index in [1.807, 2.05) is 30.3 Å². The molecule has 0 radical (unpaired) electrons. The zero-order valence-electron chi connectivity index (χ0n) is 15.6. The fourth-order valence-electron chi connectivity index (χ4n) is 3.20. The van der Waals surface area contributed by atoms with Crippen molar-refractivity contribution in [3.63, 3.8) is 0 Å². The minimum atomic E-state index is -5.08. The highest BCUT2D eigenvalue weighted by atomic mass is 19.4. The summed E-state index contributed by atoms with van der Waals surface area (Å²) in [5.41, 5.74) is 3.07. The first-order valence-corrected chi connectivity index (χ1v) is 8.96. The number of hydrogen-bond donors (Lipinski definition) is 2. The lowest BCUT2D eigenvalue weighted by Gasteiger charge is -2.24. The van der Waals surface area contributed by atoms with E-state index in [2.05, 4.69) is 36.1 Å². The number of hydrogen-bond acceptors (Lipinski definition) is 3. The van der Waals surface area contributed by atoms with Gasteiger partial charge in [-0.05, 0) is 30.9 Å². The molecule has 28 heavy (non-hydrogen) atoms. The Morgan fingerprint density at radius 3 is 2.36 bits per heavy atom. The summed E-state index contributed by atoms with van der Waals surface area (Å²) in [4.78, 5) is 11.3. The second kappa shape index (κ2) is 9.21. The summed E-state index contributed by atoms with van der Waals surface area (Å²) in [7, 11) is 0. The van der Waals surface area contributed by atoms with Crippen LogP contribution in [0.15, 0.2) is 54.6 Å². The van der Waals surface area contributed by atoms with E-state index in [0.29, 0.717) is 0 Å². The molecule has 7 heteroatoms. The summed E-state index contributed by atoms with van der Waals surface area (Å²) < 4.78 is 31.7. The van der Waals surface area contributed by atoms with Gasteiger partial charge in [0, 0.05) is 19.6 Å². The van der Waals surface area contributed by atoms with Crippen molar-refractivity contribution in [2.45, 2.75) is 31.5 Å². The first-order valence-electron chi connectivity index (χ1n) is 8.96. The van der Waals surface area contributed by atoms with Crippen molar-refractivity contribution in [2.24, 2.45) is 0 Å². The highest BCUT2D eigenvalue weighted by molar-refractivity contribution is 5.73. The van der Waals surface area contributed by atoms with E-state index in [9.17, 15) is 18.3 Å². The molecule has 2 N–H and O–H groups in total. The van der Waals surface area contributed by atoms with Crippen LogP contribution >= 0.6 is 0 Å². The van der Waals surface area contributed by atoms with Crippen LogP contribution in [0.5, 0.6) is 0 Å². The lowest BCUT2D eigenvalue weighted by Crippen LogP contribution is -2.31. The fourth-order valence-corrected chi connectivity index (χ4v) is 3.20. The van der Waals surface area contributed by atoms with Crippen LogP contribution in [0.4, 0.5) is 13.2 Å². The van der Waals surface area contributed by atoms with Gasteiger partial charge in [0.15, 0.2) is 0 Å². The molecular formula is C21H24F3NO3. The first-order chi connectivity index (χ1) is 13.1. The van der Waals surface area contributed by atoms with E-state index >= 15 is 0 Å². The van der Waals surface area contributed by atoms with Gasteiger partial charge in [0.05, 0.1) is 0 Å². The van der Waals surface area contributed by atoms with Crippen LogP contribution in [0.25, 0.3) is 0 Å². The summed E-state index contributed by atoms with van der Waals surface area (Å²) in [6.45, 7) is 4.85. The largest absolute Gasteiger partial charge is 0.490 e. The molecule has 0 aliphatic carbocycles. The number of alkyl halides is 3. The smallest absolute Gasteiger partial charge is 0.475 e. The molecule has 0 saturated carbocycles. The normalized spacial score (nSPS) is 19.8. The van der Waals surface area contributed by atoms with Gasteiger partial charge in [0.2, 0.25) is 0 Å². The van der Waals surface area contributed by atoms with E-state index in [1.165, 1.54) is 11.1 Å². The summed E-state index contributed by atoms with van der Waals surface area (Å²) in [6.07, 6.45) is -3.21. The van der Waals surface area contributed by atoms with Gasteiger partial charge in [-0.25, -0.2) is 4.79 Å². The van der Waals surface area contributed by atoms with Gasteiger partial charge in [-0.15, -0.1) is 0 Å². The fraction of sp³-hybridized carbons (Fsp3) is 0.381.